The van der Waals surface area contributed by atoms with Crippen molar-refractivity contribution in [1.29, 1.82) is 0 Å². The van der Waals surface area contributed by atoms with Crippen molar-refractivity contribution in [3.05, 3.63) is 168 Å². The second-order valence-electron chi connectivity index (χ2n) is 23.1. The number of hydrogen-bond acceptors (Lipinski definition) is 17. The molecule has 0 aliphatic heterocycles. The van der Waals surface area contributed by atoms with Crippen LogP contribution in [0.25, 0.3) is 34.2 Å². The highest BCUT2D eigenvalue weighted by molar-refractivity contribution is 5.91. The molecule has 3 unspecified atom stereocenters. The zero-order chi connectivity index (χ0) is 65.3. The summed E-state index contributed by atoms with van der Waals surface area (Å²) in [7, 11) is 0. The first-order valence-electron chi connectivity index (χ1n) is 33.1. The number of aromatic nitrogens is 6. The van der Waals surface area contributed by atoms with Crippen LogP contribution >= 0.6 is 0 Å². The first-order chi connectivity index (χ1) is 44.9. The zero-order valence-corrected chi connectivity index (χ0v) is 54.8. The summed E-state index contributed by atoms with van der Waals surface area (Å²) in [6.45, 7) is 16.9. The number of unbranched alkanes of at least 4 members (excludes halogenated alkanes) is 6. The van der Waals surface area contributed by atoms with Gasteiger partial charge in [-0.1, -0.05) is 186 Å². The van der Waals surface area contributed by atoms with Crippen molar-refractivity contribution >= 4 is 52.8 Å². The van der Waals surface area contributed by atoms with Crippen LogP contribution < -0.4 is 20.7 Å². The maximum atomic E-state index is 12.8. The molecule has 4 N–H and O–H groups in total. The molecule has 2 heterocycles. The molecular formula is C75H93N9O8. The summed E-state index contributed by atoms with van der Waals surface area (Å²) >= 11 is 0. The van der Waals surface area contributed by atoms with Crippen molar-refractivity contribution in [2.75, 3.05) is 42.4 Å². The third kappa shape index (κ3) is 22.9. The average molecular weight is 1250 g/mol. The highest BCUT2D eigenvalue weighted by Gasteiger charge is 2.19. The van der Waals surface area contributed by atoms with Gasteiger partial charge in [-0.15, -0.1) is 0 Å². The fraction of sp³-hybridized carbons (Fsp3) is 0.400. The highest BCUT2D eigenvalue weighted by atomic mass is 16.5. The molecule has 17 nitrogen and oxygen atoms in total. The Hall–Kier alpha value is -9.25. The minimum Gasteiger partial charge on any atom is -0.507 e. The van der Waals surface area contributed by atoms with E-state index in [4.69, 9.17) is 18.9 Å². The van der Waals surface area contributed by atoms with Crippen molar-refractivity contribution in [2.24, 2.45) is 17.8 Å². The number of aromatic hydroxyl groups is 1. The van der Waals surface area contributed by atoms with Gasteiger partial charge in [0, 0.05) is 34.3 Å². The van der Waals surface area contributed by atoms with Gasteiger partial charge in [0.2, 0.25) is 17.8 Å². The van der Waals surface area contributed by atoms with Crippen molar-refractivity contribution < 1.29 is 38.4 Å². The Bertz CT molecular complexity index is 3200. The molecule has 6 aromatic carbocycles. The molecule has 486 valence electrons. The maximum Gasteiger partial charge on any atom is 0.338 e. The number of phenolic OH excluding ortho intramolecular Hbond substituents is 1. The topological polar surface area (TPSA) is 222 Å². The molecule has 0 saturated carbocycles. The lowest BCUT2D eigenvalue weighted by atomic mass is 10.0. The third-order valence-electron chi connectivity index (χ3n) is 15.9. The molecule has 2 aromatic heterocycles. The van der Waals surface area contributed by atoms with Crippen molar-refractivity contribution in [1.82, 2.24) is 29.9 Å². The van der Waals surface area contributed by atoms with E-state index < -0.39 is 0 Å². The smallest absolute Gasteiger partial charge is 0.338 e. The number of phenols is 1. The minimum absolute atomic E-state index is 0.0836. The van der Waals surface area contributed by atoms with Gasteiger partial charge in [-0.2, -0.15) is 15.0 Å². The summed E-state index contributed by atoms with van der Waals surface area (Å²) in [5, 5.41) is 20.4. The van der Waals surface area contributed by atoms with Gasteiger partial charge in [-0.25, -0.2) is 29.3 Å². The lowest BCUT2D eigenvalue weighted by Crippen LogP contribution is -2.14. The number of rotatable bonds is 36. The van der Waals surface area contributed by atoms with Gasteiger partial charge in [0.05, 0.1) is 48.7 Å². The molecule has 17 heteroatoms. The van der Waals surface area contributed by atoms with Crippen molar-refractivity contribution in [3.8, 4) is 45.7 Å². The number of carbonyl (C=O) groups excluding carboxylic acids is 3. The van der Waals surface area contributed by atoms with E-state index in [2.05, 4.69) is 94.3 Å². The van der Waals surface area contributed by atoms with Gasteiger partial charge in [0.15, 0.2) is 17.5 Å². The molecule has 0 fully saturated rings. The van der Waals surface area contributed by atoms with E-state index in [0.29, 0.717) is 107 Å². The largest absolute Gasteiger partial charge is 0.507 e. The molecule has 8 rings (SSSR count). The number of ether oxygens (including phenoxy) is 4. The number of anilines is 6. The first-order valence-corrected chi connectivity index (χ1v) is 33.1. The number of nitrogens with zero attached hydrogens (tertiary/aromatic N) is 6. The van der Waals surface area contributed by atoms with Crippen LogP contribution in [0.1, 0.15) is 182 Å². The molecule has 0 amide bonds. The van der Waals surface area contributed by atoms with E-state index >= 15 is 0 Å². The number of nitrogens with one attached hydrogen (secondary N) is 3. The predicted octanol–water partition coefficient (Wildman–Crippen LogP) is 18.8. The Kier molecular flexibility index (Phi) is 29.3. The quantitative estimate of drug-likeness (QED) is 0.0163. The molecular weight excluding hydrogens is 1150 g/mol. The van der Waals surface area contributed by atoms with Crippen molar-refractivity contribution in [3.63, 3.8) is 0 Å². The van der Waals surface area contributed by atoms with Crippen LogP contribution in [-0.4, -0.2) is 79.3 Å². The molecule has 0 spiro atoms. The Morgan fingerprint density at radius 2 is 0.761 bits per heavy atom. The monoisotopic (exact) mass is 1250 g/mol. The van der Waals surface area contributed by atoms with Gasteiger partial charge < -0.3 is 40.0 Å². The Morgan fingerprint density at radius 1 is 0.402 bits per heavy atom. The molecule has 92 heavy (non-hydrogen) atoms. The lowest BCUT2D eigenvalue weighted by molar-refractivity contribution is 0.0419. The maximum absolute atomic E-state index is 12.8. The number of esters is 3. The predicted molar refractivity (Wildman–Crippen MR) is 367 cm³/mol. The van der Waals surface area contributed by atoms with Crippen LogP contribution in [0, 0.1) is 17.8 Å². The van der Waals surface area contributed by atoms with E-state index in [9.17, 15) is 19.5 Å². The van der Waals surface area contributed by atoms with Crippen LogP contribution in [0.15, 0.2) is 152 Å². The second-order valence-corrected chi connectivity index (χ2v) is 23.1. The number of carbonyl (C=O) groups is 3. The van der Waals surface area contributed by atoms with Crippen LogP contribution in [-0.2, 0) is 14.2 Å². The van der Waals surface area contributed by atoms with Gasteiger partial charge in [-0.05, 0) is 128 Å². The normalized spacial score (nSPS) is 11.9. The number of hydrogen-bond donors (Lipinski definition) is 4. The molecule has 0 bridgehead atoms. The first kappa shape index (κ1) is 70.2. The van der Waals surface area contributed by atoms with E-state index in [0.717, 1.165) is 101 Å². The van der Waals surface area contributed by atoms with Gasteiger partial charge >= 0.3 is 17.9 Å². The fourth-order valence-corrected chi connectivity index (χ4v) is 9.96. The minimum atomic E-state index is -0.359. The van der Waals surface area contributed by atoms with Crippen LogP contribution in [0.5, 0.6) is 11.5 Å². The van der Waals surface area contributed by atoms with Gasteiger partial charge in [-0.3, -0.25) is 0 Å². The summed E-state index contributed by atoms with van der Waals surface area (Å²) in [6, 6.07) is 45.7. The molecule has 0 aliphatic rings. The molecule has 8 aromatic rings. The number of benzene rings is 6. The van der Waals surface area contributed by atoms with Crippen LogP contribution in [0.2, 0.25) is 0 Å². The van der Waals surface area contributed by atoms with E-state index in [1.807, 2.05) is 66.7 Å². The summed E-state index contributed by atoms with van der Waals surface area (Å²) in [5.74, 6) is 2.94. The van der Waals surface area contributed by atoms with Crippen LogP contribution in [0.3, 0.4) is 0 Å². The second kappa shape index (κ2) is 38.4. The third-order valence-corrected chi connectivity index (χ3v) is 15.9. The molecule has 0 aliphatic carbocycles. The van der Waals surface area contributed by atoms with E-state index in [-0.39, 0.29) is 41.5 Å². The molecule has 0 radical (unpaired) electrons. The summed E-state index contributed by atoms with van der Waals surface area (Å²) in [6.07, 6.45) is 17.3. The fourth-order valence-electron chi connectivity index (χ4n) is 9.96. The Labute approximate surface area is 544 Å². The zero-order valence-electron chi connectivity index (χ0n) is 54.8. The molecule has 3 atom stereocenters. The van der Waals surface area contributed by atoms with Crippen molar-refractivity contribution in [2.45, 2.75) is 151 Å². The highest BCUT2D eigenvalue weighted by Crippen LogP contribution is 2.33. The Morgan fingerprint density at radius 3 is 1.10 bits per heavy atom. The summed E-state index contributed by atoms with van der Waals surface area (Å²) in [4.78, 5) is 66.3. The molecule has 0 saturated heterocycles. The van der Waals surface area contributed by atoms with E-state index in [1.54, 1.807) is 84.9 Å². The van der Waals surface area contributed by atoms with Crippen LogP contribution in [0.4, 0.5) is 34.9 Å². The Balaban J connectivity index is 0.000000313. The standard InChI is InChI=1S/C48H66N6O6.C27H27N3O2/c1-7-13-16-34(10-4)31-58-43(55)37-19-25-40(26-20-37)49-46-52-47(50-41-27-21-38(22-28-41)44(56)59-32-35(11-5)17-14-8-2)54-48(53-46)51-42-29-23-39(24-30-42)45(57)60-33-36(12-6)18-15-9-3;1-2-3-4-11-18-32-22-16-17-23(24(31)19-22)27-29-25(20-12-7-5-8-13-20)28-26(30-27)21-14-9-6-10-15-21/h19-30,34-36H,7-18,31-33H2,1-6H3,(H3,49,50,51,52,53,54);5-10,12-17,19,31H,2-4,11,18H2,1H3. The van der Waals surface area contributed by atoms with E-state index in [1.165, 1.54) is 12.8 Å². The summed E-state index contributed by atoms with van der Waals surface area (Å²) < 4.78 is 22.7. The average Bonchev–Trinajstić information content (AvgIpc) is 1.00. The SMILES string of the molecule is CCCCC(CC)COC(=O)c1ccc(Nc2nc(Nc3ccc(C(=O)OCC(CC)CCCC)cc3)nc(Nc3ccc(C(=O)OCC(CC)CCCC)cc3)n2)cc1.CCCCCCOc1ccc(-c2nc(-c3ccccc3)nc(-c3ccccc3)n2)c(O)c1. The van der Waals surface area contributed by atoms with Gasteiger partial charge in [0.1, 0.15) is 11.5 Å². The lowest BCUT2D eigenvalue weighted by Gasteiger charge is -2.15. The van der Waals surface area contributed by atoms with Gasteiger partial charge in [0.25, 0.3) is 0 Å². The summed E-state index contributed by atoms with van der Waals surface area (Å²) in [5.41, 5.74) is 5.62.